The number of aromatic nitrogens is 1. The Morgan fingerprint density at radius 3 is 2.61 bits per heavy atom. The van der Waals surface area contributed by atoms with Crippen molar-refractivity contribution < 1.29 is 30.7 Å². The topological polar surface area (TPSA) is 93.5 Å². The molecular formula is C24H19F3IN3O4S. The molecule has 12 heteroatoms. The largest absolute Gasteiger partial charge is 0.441 e. The highest BCUT2D eigenvalue weighted by Gasteiger charge is 2.48. The first-order valence-corrected chi connectivity index (χ1v) is 13.5. The summed E-state index contributed by atoms with van der Waals surface area (Å²) in [6.45, 7) is 0.560. The number of nitrogens with one attached hydrogen (secondary N) is 2. The summed E-state index contributed by atoms with van der Waals surface area (Å²) in [6, 6.07) is 13.5. The molecule has 0 bridgehead atoms. The molecular weight excluding hydrogens is 610 g/mol. The summed E-state index contributed by atoms with van der Waals surface area (Å²) in [4.78, 5) is 3.65. The highest BCUT2D eigenvalue weighted by molar-refractivity contribution is 14.1. The summed E-state index contributed by atoms with van der Waals surface area (Å²) in [7, 11) is -4.06. The quantitative estimate of drug-likeness (QED) is 0.223. The smallest absolute Gasteiger partial charge is 0.236 e. The molecule has 0 aliphatic heterocycles. The predicted octanol–water partition coefficient (Wildman–Crippen LogP) is 5.94. The van der Waals surface area contributed by atoms with Gasteiger partial charge < -0.3 is 14.5 Å². The number of hydrogen-bond donors (Lipinski definition) is 2. The molecule has 1 aliphatic carbocycles. The predicted molar refractivity (Wildman–Crippen MR) is 137 cm³/mol. The van der Waals surface area contributed by atoms with Crippen molar-refractivity contribution in [3.05, 3.63) is 81.5 Å². The number of hydrogen-bond acceptors (Lipinski definition) is 6. The lowest BCUT2D eigenvalue weighted by molar-refractivity contribution is 0.111. The zero-order chi connectivity index (χ0) is 25.4. The first kappa shape index (κ1) is 24.8. The molecule has 0 spiro atoms. The highest BCUT2D eigenvalue weighted by atomic mass is 127. The van der Waals surface area contributed by atoms with E-state index in [2.05, 4.69) is 15.0 Å². The fourth-order valence-corrected chi connectivity index (χ4v) is 6.02. The minimum Gasteiger partial charge on any atom is -0.441 e. The van der Waals surface area contributed by atoms with Crippen LogP contribution >= 0.6 is 22.6 Å². The van der Waals surface area contributed by atoms with Gasteiger partial charge >= 0.3 is 0 Å². The lowest BCUT2D eigenvalue weighted by atomic mass is 10.2. The summed E-state index contributed by atoms with van der Waals surface area (Å²) in [5, 5.41) is 1.67. The average Bonchev–Trinajstić information content (AvgIpc) is 3.47. The van der Waals surface area contributed by atoms with Gasteiger partial charge in [-0.1, -0.05) is 30.3 Å². The number of anilines is 3. The summed E-state index contributed by atoms with van der Waals surface area (Å²) in [5.74, 6) is -3.78. The molecule has 7 nitrogen and oxygen atoms in total. The SMILES string of the molecule is O=S(=O)(Nc1c(Nc2ccc(I)cc2F)c(F)c(F)c2ncoc12)C1CC1COCc1ccccc1. The molecule has 0 radical (unpaired) electrons. The molecule has 1 aromatic heterocycles. The maximum atomic E-state index is 15.1. The second-order valence-corrected chi connectivity index (χ2v) is 11.5. The van der Waals surface area contributed by atoms with Crippen LogP contribution in [0, 0.1) is 26.9 Å². The molecule has 2 unspecified atom stereocenters. The number of ether oxygens (including phenoxy) is 1. The Hall–Kier alpha value is -2.84. The molecule has 2 N–H and O–H groups in total. The first-order chi connectivity index (χ1) is 17.2. The Labute approximate surface area is 218 Å². The summed E-state index contributed by atoms with van der Waals surface area (Å²) in [6.07, 6.45) is 1.21. The third-order valence-electron chi connectivity index (χ3n) is 5.80. The van der Waals surface area contributed by atoms with E-state index in [1.165, 1.54) is 12.1 Å². The molecule has 1 heterocycles. The zero-order valence-electron chi connectivity index (χ0n) is 18.5. The molecule has 0 saturated heterocycles. The van der Waals surface area contributed by atoms with Crippen LogP contribution in [0.1, 0.15) is 12.0 Å². The molecule has 3 aromatic carbocycles. The monoisotopic (exact) mass is 629 g/mol. The van der Waals surface area contributed by atoms with E-state index in [-0.39, 0.29) is 23.8 Å². The van der Waals surface area contributed by atoms with Crippen molar-refractivity contribution in [2.45, 2.75) is 18.3 Å². The maximum absolute atomic E-state index is 15.1. The Morgan fingerprint density at radius 1 is 1.08 bits per heavy atom. The molecule has 36 heavy (non-hydrogen) atoms. The maximum Gasteiger partial charge on any atom is 0.236 e. The molecule has 5 rings (SSSR count). The van der Waals surface area contributed by atoms with Gasteiger partial charge in [0, 0.05) is 9.49 Å². The van der Waals surface area contributed by atoms with Crippen molar-refractivity contribution in [2.75, 3.05) is 16.6 Å². The van der Waals surface area contributed by atoms with Crippen LogP contribution < -0.4 is 10.0 Å². The molecule has 1 fully saturated rings. The number of rotatable bonds is 9. The van der Waals surface area contributed by atoms with Crippen LogP contribution in [-0.4, -0.2) is 25.3 Å². The Bertz CT molecular complexity index is 1530. The van der Waals surface area contributed by atoms with Gasteiger partial charge in [0.2, 0.25) is 10.0 Å². The van der Waals surface area contributed by atoms with Crippen molar-refractivity contribution in [1.29, 1.82) is 0 Å². The third kappa shape index (κ3) is 5.02. The Kier molecular flexibility index (Phi) is 6.83. The lowest BCUT2D eigenvalue weighted by Gasteiger charge is -2.16. The third-order valence-corrected chi connectivity index (χ3v) is 8.33. The van der Waals surface area contributed by atoms with Gasteiger partial charge in [-0.25, -0.2) is 26.6 Å². The number of halogens is 4. The van der Waals surface area contributed by atoms with E-state index in [0.717, 1.165) is 12.0 Å². The van der Waals surface area contributed by atoms with E-state index in [0.29, 0.717) is 16.6 Å². The second kappa shape index (κ2) is 9.90. The second-order valence-electron chi connectivity index (χ2n) is 8.34. The molecule has 1 saturated carbocycles. The van der Waals surface area contributed by atoms with Gasteiger partial charge in [-0.05, 0) is 52.8 Å². The van der Waals surface area contributed by atoms with Gasteiger partial charge in [0.05, 0.1) is 24.2 Å². The van der Waals surface area contributed by atoms with Crippen molar-refractivity contribution >= 4 is 60.8 Å². The number of oxazole rings is 1. The van der Waals surface area contributed by atoms with E-state index < -0.39 is 49.6 Å². The molecule has 2 atom stereocenters. The zero-order valence-corrected chi connectivity index (χ0v) is 21.4. The van der Waals surface area contributed by atoms with Gasteiger partial charge in [0.1, 0.15) is 17.2 Å². The molecule has 0 amide bonds. The van der Waals surface area contributed by atoms with Crippen molar-refractivity contribution in [1.82, 2.24) is 4.98 Å². The van der Waals surface area contributed by atoms with Crippen LogP contribution in [0.4, 0.5) is 30.2 Å². The van der Waals surface area contributed by atoms with Crippen molar-refractivity contribution in [3.8, 4) is 0 Å². The normalized spacial score (nSPS) is 17.3. The van der Waals surface area contributed by atoms with E-state index in [4.69, 9.17) is 9.15 Å². The van der Waals surface area contributed by atoms with Crippen LogP contribution in [0.3, 0.4) is 0 Å². The van der Waals surface area contributed by atoms with Gasteiger partial charge in [0.15, 0.2) is 29.1 Å². The van der Waals surface area contributed by atoms with Crippen molar-refractivity contribution in [2.24, 2.45) is 5.92 Å². The average molecular weight is 629 g/mol. The minimum atomic E-state index is -4.06. The van der Waals surface area contributed by atoms with E-state index in [1.807, 2.05) is 52.9 Å². The molecule has 4 aromatic rings. The number of nitrogens with zero attached hydrogens (tertiary/aromatic N) is 1. The summed E-state index contributed by atoms with van der Waals surface area (Å²) < 4.78 is 84.2. The summed E-state index contributed by atoms with van der Waals surface area (Å²) in [5.41, 5.74) is -1.02. The van der Waals surface area contributed by atoms with Crippen LogP contribution in [0.25, 0.3) is 11.1 Å². The standard InChI is InChI=1S/C24H19F3IN3O4S/c25-16-9-15(28)6-7-17(16)30-21-19(26)20(27)22-24(35-12-29-22)23(21)31-36(32,33)18-8-14(18)11-34-10-13-4-2-1-3-5-13/h1-7,9,12,14,18,30-31H,8,10-11H2. The van der Waals surface area contributed by atoms with Crippen LogP contribution in [0.2, 0.25) is 0 Å². The van der Waals surface area contributed by atoms with Crippen molar-refractivity contribution in [3.63, 3.8) is 0 Å². The minimum absolute atomic E-state index is 0.174. The highest BCUT2D eigenvalue weighted by Crippen LogP contribution is 2.43. The van der Waals surface area contributed by atoms with E-state index in [9.17, 15) is 17.2 Å². The fraction of sp³-hybridized carbons (Fsp3) is 0.208. The van der Waals surface area contributed by atoms with Gasteiger partial charge in [-0.3, -0.25) is 4.72 Å². The number of fused-ring (bicyclic) bond motifs is 1. The first-order valence-electron chi connectivity index (χ1n) is 10.8. The number of benzene rings is 3. The van der Waals surface area contributed by atoms with Gasteiger partial charge in [0.25, 0.3) is 0 Å². The van der Waals surface area contributed by atoms with Crippen LogP contribution in [0.5, 0.6) is 0 Å². The van der Waals surface area contributed by atoms with E-state index in [1.54, 1.807) is 6.07 Å². The van der Waals surface area contributed by atoms with E-state index >= 15 is 4.39 Å². The Balaban J connectivity index is 1.39. The van der Waals surface area contributed by atoms with Gasteiger partial charge in [-0.2, -0.15) is 0 Å². The van der Waals surface area contributed by atoms with Crippen LogP contribution in [-0.2, 0) is 21.4 Å². The Morgan fingerprint density at radius 2 is 1.86 bits per heavy atom. The van der Waals surface area contributed by atoms with Gasteiger partial charge in [-0.15, -0.1) is 0 Å². The number of sulfonamides is 1. The molecule has 188 valence electrons. The summed E-state index contributed by atoms with van der Waals surface area (Å²) >= 11 is 1.90. The lowest BCUT2D eigenvalue weighted by Crippen LogP contribution is -2.21. The fourth-order valence-electron chi connectivity index (χ4n) is 3.85. The molecule has 1 aliphatic rings. The van der Waals surface area contributed by atoms with Crippen LogP contribution in [0.15, 0.2) is 59.3 Å².